The molecule has 0 saturated heterocycles. The van der Waals surface area contributed by atoms with E-state index in [2.05, 4.69) is 10.3 Å². The Labute approximate surface area is 176 Å². The zero-order valence-electron chi connectivity index (χ0n) is 14.4. The van der Waals surface area contributed by atoms with Gasteiger partial charge in [0.25, 0.3) is 5.91 Å². The molecule has 0 radical (unpaired) electrons. The minimum Gasteiger partial charge on any atom is -0.486 e. The quantitative estimate of drug-likeness (QED) is 0.546. The fourth-order valence-corrected chi connectivity index (χ4v) is 3.90. The SMILES string of the molecule is O=C(Nc1cc2c(cc1Sc1ccccc1)OCCO2)c1nc(Cl)ccc1Cl. The summed E-state index contributed by atoms with van der Waals surface area (Å²) in [5.74, 6) is 0.754. The molecule has 0 atom stereocenters. The Kier molecular flexibility index (Phi) is 5.62. The molecule has 1 aliphatic heterocycles. The van der Waals surface area contributed by atoms with Gasteiger partial charge in [-0.2, -0.15) is 0 Å². The van der Waals surface area contributed by atoms with Gasteiger partial charge in [0.1, 0.15) is 24.1 Å². The van der Waals surface area contributed by atoms with Crippen molar-refractivity contribution in [3.8, 4) is 11.5 Å². The minimum absolute atomic E-state index is 0.0553. The first kappa shape index (κ1) is 18.9. The van der Waals surface area contributed by atoms with Crippen molar-refractivity contribution in [2.75, 3.05) is 18.5 Å². The Bertz CT molecular complexity index is 1030. The van der Waals surface area contributed by atoms with E-state index in [0.717, 1.165) is 9.79 Å². The number of carbonyl (C=O) groups excluding carboxylic acids is 1. The topological polar surface area (TPSA) is 60.5 Å². The van der Waals surface area contributed by atoms with E-state index in [0.29, 0.717) is 30.4 Å². The van der Waals surface area contributed by atoms with Crippen molar-refractivity contribution >= 4 is 46.6 Å². The van der Waals surface area contributed by atoms with E-state index < -0.39 is 5.91 Å². The van der Waals surface area contributed by atoms with Crippen molar-refractivity contribution in [2.24, 2.45) is 0 Å². The van der Waals surface area contributed by atoms with Crippen LogP contribution >= 0.6 is 35.0 Å². The van der Waals surface area contributed by atoms with Crippen LogP contribution in [0.2, 0.25) is 10.2 Å². The number of fused-ring (bicyclic) bond motifs is 1. The molecule has 2 aromatic carbocycles. The van der Waals surface area contributed by atoms with Crippen LogP contribution < -0.4 is 14.8 Å². The van der Waals surface area contributed by atoms with E-state index in [1.807, 2.05) is 36.4 Å². The van der Waals surface area contributed by atoms with Crippen LogP contribution in [-0.4, -0.2) is 24.1 Å². The summed E-state index contributed by atoms with van der Waals surface area (Å²) in [6.07, 6.45) is 0. The van der Waals surface area contributed by atoms with Gasteiger partial charge in [0.15, 0.2) is 11.5 Å². The van der Waals surface area contributed by atoms with Crippen molar-refractivity contribution in [1.29, 1.82) is 0 Å². The second kappa shape index (κ2) is 8.31. The van der Waals surface area contributed by atoms with Crippen molar-refractivity contribution < 1.29 is 14.3 Å². The van der Waals surface area contributed by atoms with Gasteiger partial charge < -0.3 is 14.8 Å². The molecule has 142 valence electrons. The Morgan fingerprint density at radius 2 is 1.71 bits per heavy atom. The molecule has 1 aromatic heterocycles. The molecule has 4 rings (SSSR count). The average molecular weight is 433 g/mol. The van der Waals surface area contributed by atoms with Crippen molar-refractivity contribution in [3.63, 3.8) is 0 Å². The monoisotopic (exact) mass is 432 g/mol. The Morgan fingerprint density at radius 3 is 2.46 bits per heavy atom. The van der Waals surface area contributed by atoms with Gasteiger partial charge in [0, 0.05) is 21.9 Å². The summed E-state index contributed by atoms with van der Waals surface area (Å²) in [6.45, 7) is 0.934. The molecule has 1 amide bonds. The highest BCUT2D eigenvalue weighted by Gasteiger charge is 2.20. The molecule has 0 bridgehead atoms. The first-order valence-electron chi connectivity index (χ1n) is 8.40. The van der Waals surface area contributed by atoms with Gasteiger partial charge in [-0.1, -0.05) is 53.2 Å². The normalized spacial score (nSPS) is 12.5. The molecule has 0 spiro atoms. The number of rotatable bonds is 4. The number of halogens is 2. The third-order valence-corrected chi connectivity index (χ3v) is 5.47. The minimum atomic E-state index is -0.459. The standard InChI is InChI=1S/C20H14Cl2N2O3S/c21-13-6-7-18(22)24-19(13)20(25)23-14-10-15-16(27-9-8-26-15)11-17(14)28-12-4-2-1-3-5-12/h1-7,10-11H,8-9H2,(H,23,25). The molecule has 2 heterocycles. The zero-order chi connectivity index (χ0) is 19.5. The molecule has 28 heavy (non-hydrogen) atoms. The summed E-state index contributed by atoms with van der Waals surface area (Å²) >= 11 is 13.5. The predicted molar refractivity (Wildman–Crippen MR) is 110 cm³/mol. The number of hydrogen-bond acceptors (Lipinski definition) is 5. The first-order valence-corrected chi connectivity index (χ1v) is 9.97. The Balaban J connectivity index is 1.70. The highest BCUT2D eigenvalue weighted by molar-refractivity contribution is 7.99. The van der Waals surface area contributed by atoms with E-state index in [-0.39, 0.29) is 15.9 Å². The van der Waals surface area contributed by atoms with Gasteiger partial charge in [0.2, 0.25) is 0 Å². The van der Waals surface area contributed by atoms with E-state index in [4.69, 9.17) is 32.7 Å². The van der Waals surface area contributed by atoms with Crippen LogP contribution in [0.1, 0.15) is 10.5 Å². The Hall–Kier alpha value is -2.41. The summed E-state index contributed by atoms with van der Waals surface area (Å²) in [5, 5.41) is 3.27. The van der Waals surface area contributed by atoms with E-state index >= 15 is 0 Å². The Morgan fingerprint density at radius 1 is 1.00 bits per heavy atom. The van der Waals surface area contributed by atoms with Gasteiger partial charge in [-0.15, -0.1) is 0 Å². The van der Waals surface area contributed by atoms with E-state index in [1.54, 1.807) is 6.07 Å². The number of nitrogens with one attached hydrogen (secondary N) is 1. The molecule has 1 N–H and O–H groups in total. The van der Waals surface area contributed by atoms with Gasteiger partial charge >= 0.3 is 0 Å². The third-order valence-electron chi connectivity index (χ3n) is 3.89. The summed E-state index contributed by atoms with van der Waals surface area (Å²) in [6, 6.07) is 16.5. The summed E-state index contributed by atoms with van der Waals surface area (Å²) in [7, 11) is 0. The number of carbonyl (C=O) groups is 1. The number of benzene rings is 2. The maximum atomic E-state index is 12.8. The van der Waals surface area contributed by atoms with Crippen molar-refractivity contribution in [3.05, 3.63) is 70.5 Å². The smallest absolute Gasteiger partial charge is 0.275 e. The molecular formula is C20H14Cl2N2O3S. The molecule has 0 saturated carbocycles. The lowest BCUT2D eigenvalue weighted by atomic mass is 10.2. The highest BCUT2D eigenvalue weighted by atomic mass is 35.5. The van der Waals surface area contributed by atoms with Crippen LogP contribution in [0.5, 0.6) is 11.5 Å². The molecule has 0 fully saturated rings. The fourth-order valence-electron chi connectivity index (χ4n) is 2.63. The molecular weight excluding hydrogens is 419 g/mol. The van der Waals surface area contributed by atoms with Gasteiger partial charge in [-0.3, -0.25) is 4.79 Å². The number of aromatic nitrogens is 1. The molecule has 0 unspecified atom stereocenters. The number of ether oxygens (including phenoxy) is 2. The van der Waals surface area contributed by atoms with Crippen molar-refractivity contribution in [2.45, 2.75) is 9.79 Å². The lowest BCUT2D eigenvalue weighted by molar-refractivity contribution is 0.102. The third kappa shape index (κ3) is 4.19. The van der Waals surface area contributed by atoms with Crippen LogP contribution in [0.15, 0.2) is 64.4 Å². The van der Waals surface area contributed by atoms with Crippen LogP contribution in [0.4, 0.5) is 5.69 Å². The zero-order valence-corrected chi connectivity index (χ0v) is 16.8. The number of nitrogens with zero attached hydrogens (tertiary/aromatic N) is 1. The second-order valence-electron chi connectivity index (χ2n) is 5.83. The van der Waals surface area contributed by atoms with Gasteiger partial charge in [-0.25, -0.2) is 4.98 Å². The van der Waals surface area contributed by atoms with Crippen LogP contribution in [0.25, 0.3) is 0 Å². The summed E-state index contributed by atoms with van der Waals surface area (Å²) < 4.78 is 11.3. The lowest BCUT2D eigenvalue weighted by Gasteiger charge is -2.21. The van der Waals surface area contributed by atoms with Crippen LogP contribution in [0.3, 0.4) is 0 Å². The van der Waals surface area contributed by atoms with Crippen LogP contribution in [-0.2, 0) is 0 Å². The lowest BCUT2D eigenvalue weighted by Crippen LogP contribution is -2.18. The fraction of sp³-hybridized carbons (Fsp3) is 0.100. The maximum Gasteiger partial charge on any atom is 0.275 e. The maximum absolute atomic E-state index is 12.8. The van der Waals surface area contributed by atoms with Crippen LogP contribution in [0, 0.1) is 0 Å². The molecule has 3 aromatic rings. The molecule has 1 aliphatic rings. The largest absolute Gasteiger partial charge is 0.486 e. The highest BCUT2D eigenvalue weighted by Crippen LogP contribution is 2.42. The number of pyridine rings is 1. The molecule has 0 aliphatic carbocycles. The molecule has 8 heteroatoms. The number of amides is 1. The van der Waals surface area contributed by atoms with Crippen molar-refractivity contribution in [1.82, 2.24) is 4.98 Å². The van der Waals surface area contributed by atoms with E-state index in [9.17, 15) is 4.79 Å². The summed E-state index contributed by atoms with van der Waals surface area (Å²) in [4.78, 5) is 18.6. The predicted octanol–water partition coefficient (Wildman–Crippen LogP) is 5.56. The first-order chi connectivity index (χ1) is 13.6. The second-order valence-corrected chi connectivity index (χ2v) is 7.74. The summed E-state index contributed by atoms with van der Waals surface area (Å²) in [5.41, 5.74) is 0.626. The average Bonchev–Trinajstić information content (AvgIpc) is 2.71. The number of anilines is 1. The van der Waals surface area contributed by atoms with Gasteiger partial charge in [-0.05, 0) is 24.3 Å². The van der Waals surface area contributed by atoms with Gasteiger partial charge in [0.05, 0.1) is 10.7 Å². The molecule has 5 nitrogen and oxygen atoms in total. The van der Waals surface area contributed by atoms with E-state index in [1.165, 1.54) is 23.9 Å². The number of hydrogen-bond donors (Lipinski definition) is 1.